The van der Waals surface area contributed by atoms with Gasteiger partial charge in [-0.15, -0.1) is 4.40 Å². The number of allylic oxidation sites excluding steroid dienone is 2. The molecule has 2 heterocycles. The van der Waals surface area contributed by atoms with E-state index < -0.39 is 43.8 Å². The molecule has 1 saturated carbocycles. The third-order valence-electron chi connectivity index (χ3n) is 6.80. The predicted molar refractivity (Wildman–Crippen MR) is 132 cm³/mol. The molecule has 0 aromatic rings. The lowest BCUT2D eigenvalue weighted by atomic mass is 9.82. The number of nitrogens with one attached hydrogen (secondary N) is 2. The van der Waals surface area contributed by atoms with E-state index >= 15 is 0 Å². The summed E-state index contributed by atoms with van der Waals surface area (Å²) in [5.41, 5.74) is 1.27. The van der Waals surface area contributed by atoms with Crippen molar-refractivity contribution in [3.05, 3.63) is 34.4 Å². The van der Waals surface area contributed by atoms with E-state index in [0.29, 0.717) is 13.0 Å². The standard InChI is InChI=1S/C23H32N4O6S2/c1-14(2)8-9-15-13-27(17-6-4-5-7-17)23(29)20(21(15)28)22-24-18-11-10-16(25-34(3,30)31)12-19(18)35(32,33)26-22/h8,11-12,15-17,20,25H,4-7,9-10,13H2,1-3H3,(H,24,26). The highest BCUT2D eigenvalue weighted by molar-refractivity contribution is 7.94. The zero-order chi connectivity index (χ0) is 25.5. The Morgan fingerprint density at radius 1 is 1.26 bits per heavy atom. The number of piperidine rings is 1. The molecule has 0 aromatic heterocycles. The van der Waals surface area contributed by atoms with E-state index in [0.717, 1.165) is 37.5 Å². The number of amidine groups is 1. The first-order chi connectivity index (χ1) is 16.4. The van der Waals surface area contributed by atoms with E-state index in [1.807, 2.05) is 19.9 Å². The molecule has 0 spiro atoms. The Labute approximate surface area is 206 Å². The lowest BCUT2D eigenvalue weighted by Crippen LogP contribution is -2.58. The van der Waals surface area contributed by atoms with Crippen molar-refractivity contribution in [2.45, 2.75) is 64.5 Å². The molecule has 2 N–H and O–H groups in total. The van der Waals surface area contributed by atoms with Crippen LogP contribution in [0.15, 0.2) is 38.8 Å². The number of ketones is 1. The fourth-order valence-electron chi connectivity index (χ4n) is 5.15. The molecule has 3 atom stereocenters. The third-order valence-corrected chi connectivity index (χ3v) is 8.88. The van der Waals surface area contributed by atoms with Gasteiger partial charge >= 0.3 is 0 Å². The molecular weight excluding hydrogens is 492 g/mol. The van der Waals surface area contributed by atoms with Crippen LogP contribution in [0.1, 0.15) is 52.4 Å². The highest BCUT2D eigenvalue weighted by Gasteiger charge is 2.48. The molecule has 0 aromatic carbocycles. The molecule has 4 rings (SSSR count). The Bertz CT molecular complexity index is 1250. The van der Waals surface area contributed by atoms with Gasteiger partial charge in [-0.3, -0.25) is 9.59 Å². The maximum atomic E-state index is 13.5. The zero-order valence-electron chi connectivity index (χ0n) is 20.2. The van der Waals surface area contributed by atoms with Gasteiger partial charge in [0.1, 0.15) is 10.7 Å². The summed E-state index contributed by atoms with van der Waals surface area (Å²) in [5.74, 6) is -2.67. The van der Waals surface area contributed by atoms with E-state index in [-0.39, 0.29) is 34.7 Å². The van der Waals surface area contributed by atoms with Crippen LogP contribution in [0.3, 0.4) is 0 Å². The summed E-state index contributed by atoms with van der Waals surface area (Å²) in [6, 6.07) is -0.693. The SMILES string of the molecule is CC(C)=CCC1CN(C2CCCC2)C(=O)C(C2=NS(=O)(=O)C3=CC(NS(C)(=O)=O)CC=C3N2)C1=O. The summed E-state index contributed by atoms with van der Waals surface area (Å²) >= 11 is 0. The molecule has 0 radical (unpaired) electrons. The molecule has 192 valence electrons. The van der Waals surface area contributed by atoms with Crippen LogP contribution < -0.4 is 10.0 Å². The number of nitrogens with zero attached hydrogens (tertiary/aromatic N) is 2. The van der Waals surface area contributed by atoms with Crippen molar-refractivity contribution < 1.29 is 26.4 Å². The second kappa shape index (κ2) is 9.62. The van der Waals surface area contributed by atoms with Crippen molar-refractivity contribution >= 4 is 37.6 Å². The highest BCUT2D eigenvalue weighted by atomic mass is 32.2. The average Bonchev–Trinajstić information content (AvgIpc) is 3.27. The number of likely N-dealkylation sites (tertiary alicyclic amines) is 1. The van der Waals surface area contributed by atoms with Gasteiger partial charge < -0.3 is 10.2 Å². The van der Waals surface area contributed by atoms with Gasteiger partial charge in [-0.1, -0.05) is 30.6 Å². The molecule has 0 bridgehead atoms. The lowest BCUT2D eigenvalue weighted by Gasteiger charge is -2.40. The van der Waals surface area contributed by atoms with E-state index in [9.17, 15) is 26.4 Å². The quantitative estimate of drug-likeness (QED) is 0.394. The van der Waals surface area contributed by atoms with Gasteiger partial charge in [0.2, 0.25) is 15.9 Å². The number of hydrogen-bond donors (Lipinski definition) is 2. The van der Waals surface area contributed by atoms with Gasteiger partial charge in [-0.05, 0) is 45.6 Å². The first-order valence-electron chi connectivity index (χ1n) is 11.8. The number of carbonyl (C=O) groups is 2. The van der Waals surface area contributed by atoms with Crippen molar-refractivity contribution in [3.63, 3.8) is 0 Å². The van der Waals surface area contributed by atoms with E-state index in [4.69, 9.17) is 0 Å². The topological polar surface area (TPSA) is 142 Å². The summed E-state index contributed by atoms with van der Waals surface area (Å²) in [6.45, 7) is 4.22. The molecule has 3 unspecified atom stereocenters. The third kappa shape index (κ3) is 5.59. The Balaban J connectivity index is 1.69. The second-order valence-electron chi connectivity index (χ2n) is 9.94. The summed E-state index contributed by atoms with van der Waals surface area (Å²) in [5, 5.41) is 2.92. The molecule has 1 amide bonds. The van der Waals surface area contributed by atoms with Crippen LogP contribution >= 0.6 is 0 Å². The Morgan fingerprint density at radius 2 is 1.94 bits per heavy atom. The van der Waals surface area contributed by atoms with Gasteiger partial charge in [-0.25, -0.2) is 13.1 Å². The maximum Gasteiger partial charge on any atom is 0.285 e. The number of sulfonamides is 2. The number of rotatable bonds is 6. The average molecular weight is 525 g/mol. The molecular formula is C23H32N4O6S2. The Hall–Kier alpha value is -2.31. The Morgan fingerprint density at radius 3 is 2.57 bits per heavy atom. The molecule has 2 aliphatic heterocycles. The fourth-order valence-corrected chi connectivity index (χ4v) is 7.12. The van der Waals surface area contributed by atoms with Gasteiger partial charge in [0.05, 0.1) is 12.0 Å². The molecule has 35 heavy (non-hydrogen) atoms. The molecule has 2 aliphatic carbocycles. The van der Waals surface area contributed by atoms with Crippen molar-refractivity contribution in [2.24, 2.45) is 16.2 Å². The number of amides is 1. The number of Topliss-reactive ketones (excluding diaryl/α,β-unsaturated/α-hetero) is 1. The van der Waals surface area contributed by atoms with Gasteiger partial charge in [0.15, 0.2) is 11.7 Å². The van der Waals surface area contributed by atoms with Gasteiger partial charge in [0.25, 0.3) is 10.0 Å². The normalized spacial score (nSPS) is 29.1. The summed E-state index contributed by atoms with van der Waals surface area (Å²) in [7, 11) is -7.80. The summed E-state index contributed by atoms with van der Waals surface area (Å²) in [4.78, 5) is 28.6. The molecule has 12 heteroatoms. The summed E-state index contributed by atoms with van der Waals surface area (Å²) in [6.07, 6.45) is 10.3. The number of carbonyl (C=O) groups excluding carboxylic acids is 2. The van der Waals surface area contributed by atoms with Crippen LogP contribution in [0.4, 0.5) is 0 Å². The van der Waals surface area contributed by atoms with Gasteiger partial charge in [0, 0.05) is 24.5 Å². The predicted octanol–water partition coefficient (Wildman–Crippen LogP) is 1.35. The van der Waals surface area contributed by atoms with Gasteiger partial charge in [-0.2, -0.15) is 8.42 Å². The second-order valence-corrected chi connectivity index (χ2v) is 13.3. The van der Waals surface area contributed by atoms with Crippen molar-refractivity contribution in [3.8, 4) is 0 Å². The molecule has 10 nitrogen and oxygen atoms in total. The van der Waals surface area contributed by atoms with Crippen LogP contribution in [0.2, 0.25) is 0 Å². The largest absolute Gasteiger partial charge is 0.341 e. The molecule has 2 fully saturated rings. The van der Waals surface area contributed by atoms with Crippen LogP contribution in [0, 0.1) is 11.8 Å². The van der Waals surface area contributed by atoms with Crippen LogP contribution in [0.5, 0.6) is 0 Å². The molecule has 1 saturated heterocycles. The smallest absolute Gasteiger partial charge is 0.285 e. The van der Waals surface area contributed by atoms with Crippen LogP contribution in [0.25, 0.3) is 0 Å². The van der Waals surface area contributed by atoms with E-state index in [1.54, 1.807) is 11.0 Å². The minimum Gasteiger partial charge on any atom is -0.341 e. The van der Waals surface area contributed by atoms with Crippen molar-refractivity contribution in [2.75, 3.05) is 12.8 Å². The minimum absolute atomic E-state index is 0.0419. The first kappa shape index (κ1) is 25.8. The fraction of sp³-hybridized carbons (Fsp3) is 0.609. The minimum atomic E-state index is -4.25. The number of hydrogen-bond acceptors (Lipinski definition) is 7. The van der Waals surface area contributed by atoms with Crippen molar-refractivity contribution in [1.29, 1.82) is 0 Å². The lowest BCUT2D eigenvalue weighted by molar-refractivity contribution is -0.148. The highest BCUT2D eigenvalue weighted by Crippen LogP contribution is 2.34. The van der Waals surface area contributed by atoms with Crippen LogP contribution in [-0.4, -0.2) is 64.1 Å². The van der Waals surface area contributed by atoms with E-state index in [2.05, 4.69) is 14.4 Å². The summed E-state index contributed by atoms with van der Waals surface area (Å²) < 4.78 is 55.5. The molecule has 4 aliphatic rings. The van der Waals surface area contributed by atoms with E-state index in [1.165, 1.54) is 6.08 Å². The van der Waals surface area contributed by atoms with Crippen molar-refractivity contribution in [1.82, 2.24) is 14.9 Å². The Kier molecular flexibility index (Phi) is 7.09. The zero-order valence-corrected chi connectivity index (χ0v) is 21.8. The monoisotopic (exact) mass is 524 g/mol. The van der Waals surface area contributed by atoms with Crippen LogP contribution in [-0.2, 0) is 29.6 Å². The maximum absolute atomic E-state index is 13.5. The first-order valence-corrected chi connectivity index (χ1v) is 15.2. The number of fused-ring (bicyclic) bond motifs is 1.